The highest BCUT2D eigenvalue weighted by atomic mass is 16.3. The first-order valence-corrected chi connectivity index (χ1v) is 16.1. The third-order valence-corrected chi connectivity index (χ3v) is 10.4. The van der Waals surface area contributed by atoms with Crippen LogP contribution in [-0.2, 0) is 5.41 Å². The third-order valence-electron chi connectivity index (χ3n) is 10.4. The molecular formula is C45H30O. The maximum atomic E-state index is 6.20. The summed E-state index contributed by atoms with van der Waals surface area (Å²) in [6.45, 7) is 4.76. The first-order valence-electron chi connectivity index (χ1n) is 16.1. The largest absolute Gasteiger partial charge is 0.456 e. The van der Waals surface area contributed by atoms with E-state index in [1.807, 2.05) is 12.1 Å². The molecule has 0 amide bonds. The van der Waals surface area contributed by atoms with Crippen molar-refractivity contribution in [3.8, 4) is 33.4 Å². The second kappa shape index (κ2) is 9.19. The van der Waals surface area contributed by atoms with Gasteiger partial charge in [0.2, 0.25) is 0 Å². The molecule has 0 unspecified atom stereocenters. The normalized spacial score (nSPS) is 13.6. The lowest BCUT2D eigenvalue weighted by molar-refractivity contribution is 0.666. The zero-order valence-corrected chi connectivity index (χ0v) is 25.8. The molecule has 216 valence electrons. The van der Waals surface area contributed by atoms with Gasteiger partial charge < -0.3 is 4.42 Å². The van der Waals surface area contributed by atoms with Crippen LogP contribution in [0.5, 0.6) is 0 Å². The van der Waals surface area contributed by atoms with Crippen molar-refractivity contribution in [3.63, 3.8) is 0 Å². The summed E-state index contributed by atoms with van der Waals surface area (Å²) in [7, 11) is 0. The molecular weight excluding hydrogens is 556 g/mol. The number of para-hydroxylation sites is 1. The number of rotatable bonds is 2. The lowest BCUT2D eigenvalue weighted by atomic mass is 9.80. The van der Waals surface area contributed by atoms with Gasteiger partial charge in [0.25, 0.3) is 0 Å². The summed E-state index contributed by atoms with van der Waals surface area (Å²) in [4.78, 5) is 0. The monoisotopic (exact) mass is 586 g/mol. The van der Waals surface area contributed by atoms with Gasteiger partial charge in [-0.15, -0.1) is 0 Å². The highest BCUT2D eigenvalue weighted by molar-refractivity contribution is 6.22. The Morgan fingerprint density at radius 1 is 0.413 bits per heavy atom. The predicted molar refractivity (Wildman–Crippen MR) is 195 cm³/mol. The molecule has 9 aromatic rings. The number of furan rings is 1. The van der Waals surface area contributed by atoms with Crippen molar-refractivity contribution in [2.75, 3.05) is 0 Å². The maximum absolute atomic E-state index is 6.20. The van der Waals surface area contributed by atoms with Crippen molar-refractivity contribution in [1.82, 2.24) is 0 Å². The standard InChI is InChI=1S/C45H30O/c1-45(2)39-23-20-28(25-37(39)36-22-19-27-11-3-4-12-30(27)44(36)45)42-32-14-5-7-16-34(32)43(35-17-8-6-15-33(35)42)29-21-24-41-38(26-29)31-13-9-10-18-40(31)46-41/h3-26H,1-2H3. The molecule has 8 aromatic carbocycles. The van der Waals surface area contributed by atoms with E-state index in [1.54, 1.807) is 0 Å². The van der Waals surface area contributed by atoms with Crippen LogP contribution in [0.4, 0.5) is 0 Å². The van der Waals surface area contributed by atoms with Crippen molar-refractivity contribution in [1.29, 1.82) is 0 Å². The topological polar surface area (TPSA) is 13.1 Å². The van der Waals surface area contributed by atoms with E-state index in [0.717, 1.165) is 21.9 Å². The van der Waals surface area contributed by atoms with Gasteiger partial charge >= 0.3 is 0 Å². The summed E-state index contributed by atoms with van der Waals surface area (Å²) >= 11 is 0. The van der Waals surface area contributed by atoms with Crippen molar-refractivity contribution in [2.24, 2.45) is 0 Å². The van der Waals surface area contributed by atoms with E-state index in [1.165, 1.54) is 76.8 Å². The minimum atomic E-state index is -0.0754. The van der Waals surface area contributed by atoms with Crippen LogP contribution in [0.15, 0.2) is 150 Å². The molecule has 1 aliphatic rings. The first-order chi connectivity index (χ1) is 22.6. The Hall–Kier alpha value is -5.66. The molecule has 1 heteroatoms. The van der Waals surface area contributed by atoms with Gasteiger partial charge in [-0.25, -0.2) is 0 Å². The lowest BCUT2D eigenvalue weighted by Crippen LogP contribution is -2.15. The molecule has 1 aromatic heterocycles. The average Bonchev–Trinajstić information content (AvgIpc) is 3.58. The van der Waals surface area contributed by atoms with Crippen LogP contribution in [0, 0.1) is 0 Å². The number of fused-ring (bicyclic) bond motifs is 10. The van der Waals surface area contributed by atoms with Crippen molar-refractivity contribution >= 4 is 54.3 Å². The van der Waals surface area contributed by atoms with E-state index >= 15 is 0 Å². The van der Waals surface area contributed by atoms with Gasteiger partial charge in [-0.1, -0.05) is 135 Å². The van der Waals surface area contributed by atoms with Crippen molar-refractivity contribution < 1.29 is 4.42 Å². The molecule has 0 fully saturated rings. The van der Waals surface area contributed by atoms with E-state index in [-0.39, 0.29) is 5.41 Å². The summed E-state index contributed by atoms with van der Waals surface area (Å²) in [6, 6.07) is 53.5. The van der Waals surface area contributed by atoms with Crippen LogP contribution in [0.1, 0.15) is 25.0 Å². The van der Waals surface area contributed by atoms with Crippen LogP contribution in [0.3, 0.4) is 0 Å². The van der Waals surface area contributed by atoms with Gasteiger partial charge in [-0.2, -0.15) is 0 Å². The molecule has 0 radical (unpaired) electrons. The second-order valence-corrected chi connectivity index (χ2v) is 13.2. The van der Waals surface area contributed by atoms with E-state index in [2.05, 4.69) is 147 Å². The molecule has 0 saturated heterocycles. The van der Waals surface area contributed by atoms with Gasteiger partial charge in [0.1, 0.15) is 11.2 Å². The summed E-state index contributed by atoms with van der Waals surface area (Å²) in [5.74, 6) is 0. The molecule has 1 heterocycles. The second-order valence-electron chi connectivity index (χ2n) is 13.2. The van der Waals surface area contributed by atoms with Crippen LogP contribution in [0.2, 0.25) is 0 Å². The van der Waals surface area contributed by atoms with Gasteiger partial charge in [0.05, 0.1) is 0 Å². The summed E-state index contributed by atoms with van der Waals surface area (Å²) in [6.07, 6.45) is 0. The van der Waals surface area contributed by atoms with Crippen LogP contribution in [-0.4, -0.2) is 0 Å². The molecule has 10 rings (SSSR count). The smallest absolute Gasteiger partial charge is 0.135 e. The highest BCUT2D eigenvalue weighted by Gasteiger charge is 2.37. The number of benzene rings is 8. The Labute approximate surface area is 267 Å². The maximum Gasteiger partial charge on any atom is 0.135 e. The Morgan fingerprint density at radius 3 is 1.65 bits per heavy atom. The molecule has 1 aliphatic carbocycles. The average molecular weight is 587 g/mol. The van der Waals surface area contributed by atoms with Crippen molar-refractivity contribution in [2.45, 2.75) is 19.3 Å². The van der Waals surface area contributed by atoms with Gasteiger partial charge in [0.15, 0.2) is 0 Å². The quantitative estimate of drug-likeness (QED) is 0.184. The zero-order chi connectivity index (χ0) is 30.6. The Balaban J connectivity index is 1.25. The first kappa shape index (κ1) is 25.6. The molecule has 1 nitrogen and oxygen atoms in total. The van der Waals surface area contributed by atoms with E-state index in [0.29, 0.717) is 0 Å². The van der Waals surface area contributed by atoms with E-state index < -0.39 is 0 Å². The van der Waals surface area contributed by atoms with Crippen LogP contribution in [0.25, 0.3) is 87.6 Å². The van der Waals surface area contributed by atoms with Gasteiger partial charge in [-0.3, -0.25) is 0 Å². The summed E-state index contributed by atoms with van der Waals surface area (Å²) < 4.78 is 6.20. The van der Waals surface area contributed by atoms with E-state index in [9.17, 15) is 0 Å². The fraction of sp³-hybridized carbons (Fsp3) is 0.0667. The molecule has 0 saturated carbocycles. The third kappa shape index (κ3) is 3.40. The lowest BCUT2D eigenvalue weighted by Gasteiger charge is -2.23. The molecule has 0 N–H and O–H groups in total. The number of hydrogen-bond acceptors (Lipinski definition) is 1. The molecule has 0 aliphatic heterocycles. The SMILES string of the molecule is CC1(C)c2ccc(-c3c4ccccc4c(-c4ccc5oc6ccccc6c5c4)c4ccccc34)cc2-c2ccc3ccccc3c21. The van der Waals surface area contributed by atoms with Gasteiger partial charge in [-0.05, 0) is 101 Å². The molecule has 0 atom stereocenters. The zero-order valence-electron chi connectivity index (χ0n) is 25.8. The highest BCUT2D eigenvalue weighted by Crippen LogP contribution is 2.53. The van der Waals surface area contributed by atoms with Crippen LogP contribution >= 0.6 is 0 Å². The number of hydrogen-bond donors (Lipinski definition) is 0. The summed E-state index contributed by atoms with van der Waals surface area (Å²) in [5, 5.41) is 10.0. The van der Waals surface area contributed by atoms with Gasteiger partial charge in [0, 0.05) is 16.2 Å². The molecule has 0 spiro atoms. The summed E-state index contributed by atoms with van der Waals surface area (Å²) in [5.41, 5.74) is 12.3. The fourth-order valence-electron chi connectivity index (χ4n) is 8.40. The van der Waals surface area contributed by atoms with Crippen molar-refractivity contribution in [3.05, 3.63) is 157 Å². The minimum absolute atomic E-state index is 0.0754. The van der Waals surface area contributed by atoms with Crippen LogP contribution < -0.4 is 0 Å². The predicted octanol–water partition coefficient (Wildman–Crippen LogP) is 12.7. The fourth-order valence-corrected chi connectivity index (χ4v) is 8.40. The molecule has 0 bridgehead atoms. The Kier molecular flexibility index (Phi) is 5.12. The Bertz CT molecular complexity index is 2660. The minimum Gasteiger partial charge on any atom is -0.456 e. The molecule has 46 heavy (non-hydrogen) atoms. The van der Waals surface area contributed by atoms with E-state index in [4.69, 9.17) is 4.42 Å². The Morgan fingerprint density at radius 2 is 0.957 bits per heavy atom.